The molecule has 1 amide bonds. The molecule has 0 aliphatic carbocycles. The van der Waals surface area contributed by atoms with Gasteiger partial charge in [-0.05, 0) is 24.7 Å². The summed E-state index contributed by atoms with van der Waals surface area (Å²) in [6.45, 7) is 3.30. The first kappa shape index (κ1) is 14.5. The van der Waals surface area contributed by atoms with Gasteiger partial charge in [0.2, 0.25) is 5.91 Å². The van der Waals surface area contributed by atoms with Crippen LogP contribution >= 0.6 is 15.9 Å². The first-order valence-electron chi connectivity index (χ1n) is 6.47. The number of halogens is 1. The summed E-state index contributed by atoms with van der Waals surface area (Å²) in [5.41, 5.74) is 1.14. The molecule has 1 aliphatic rings. The van der Waals surface area contributed by atoms with E-state index in [2.05, 4.69) is 33.2 Å². The highest BCUT2D eigenvalue weighted by molar-refractivity contribution is 9.10. The number of piperazine rings is 1. The molecule has 1 saturated heterocycles. The molecule has 1 aromatic rings. The minimum absolute atomic E-state index is 0.0841. The Bertz CT molecular complexity index is 435. The quantitative estimate of drug-likeness (QED) is 0.910. The van der Waals surface area contributed by atoms with E-state index in [4.69, 9.17) is 0 Å². The maximum absolute atomic E-state index is 12.3. The Labute approximate surface area is 122 Å². The van der Waals surface area contributed by atoms with Gasteiger partial charge in [-0.15, -0.1) is 0 Å². The lowest BCUT2D eigenvalue weighted by Crippen LogP contribution is -2.56. The van der Waals surface area contributed by atoms with Crippen LogP contribution in [0.15, 0.2) is 28.7 Å². The van der Waals surface area contributed by atoms with Gasteiger partial charge in [-0.25, -0.2) is 0 Å². The van der Waals surface area contributed by atoms with Crippen LogP contribution in [0.25, 0.3) is 0 Å². The van der Waals surface area contributed by atoms with E-state index >= 15 is 0 Å². The van der Waals surface area contributed by atoms with Crippen LogP contribution in [0.3, 0.4) is 0 Å². The number of carbonyl (C=O) groups is 1. The van der Waals surface area contributed by atoms with Gasteiger partial charge < -0.3 is 15.1 Å². The number of hydrogen-bond donors (Lipinski definition) is 1. The number of benzene rings is 1. The van der Waals surface area contributed by atoms with Gasteiger partial charge in [-0.2, -0.15) is 0 Å². The number of amides is 1. The van der Waals surface area contributed by atoms with Crippen LogP contribution in [0.5, 0.6) is 0 Å². The van der Waals surface area contributed by atoms with Crippen LogP contribution < -0.4 is 5.32 Å². The van der Waals surface area contributed by atoms with Gasteiger partial charge in [0.25, 0.3) is 0 Å². The highest BCUT2D eigenvalue weighted by Gasteiger charge is 2.25. The summed E-state index contributed by atoms with van der Waals surface area (Å²) >= 11 is 3.41. The van der Waals surface area contributed by atoms with Crippen molar-refractivity contribution in [3.8, 4) is 0 Å². The van der Waals surface area contributed by atoms with Crippen molar-refractivity contribution >= 4 is 21.8 Å². The van der Waals surface area contributed by atoms with Gasteiger partial charge in [0.1, 0.15) is 0 Å². The van der Waals surface area contributed by atoms with Gasteiger partial charge in [-0.1, -0.05) is 28.1 Å². The molecule has 1 fully saturated rings. The topological polar surface area (TPSA) is 35.6 Å². The molecule has 0 radical (unpaired) electrons. The monoisotopic (exact) mass is 325 g/mol. The molecule has 1 unspecified atom stereocenters. The third-order valence-electron chi connectivity index (χ3n) is 3.39. The number of carbonyl (C=O) groups excluding carboxylic acids is 1. The smallest absolute Gasteiger partial charge is 0.241 e. The van der Waals surface area contributed by atoms with Crippen molar-refractivity contribution in [3.05, 3.63) is 34.3 Å². The van der Waals surface area contributed by atoms with Crippen LogP contribution in [-0.2, 0) is 11.3 Å². The van der Waals surface area contributed by atoms with Crippen molar-refractivity contribution in [2.75, 3.05) is 33.7 Å². The van der Waals surface area contributed by atoms with Crippen molar-refractivity contribution < 1.29 is 4.79 Å². The van der Waals surface area contributed by atoms with E-state index in [1.54, 1.807) is 4.90 Å². The van der Waals surface area contributed by atoms with Crippen molar-refractivity contribution in [2.45, 2.75) is 12.6 Å². The first-order chi connectivity index (χ1) is 9.06. The fraction of sp³-hybridized carbons (Fsp3) is 0.500. The summed E-state index contributed by atoms with van der Waals surface area (Å²) in [5, 5.41) is 3.28. The second-order valence-electron chi connectivity index (χ2n) is 5.09. The highest BCUT2D eigenvalue weighted by Crippen LogP contribution is 2.12. The Morgan fingerprint density at radius 3 is 2.79 bits per heavy atom. The van der Waals surface area contributed by atoms with E-state index in [9.17, 15) is 4.79 Å². The second-order valence-corrected chi connectivity index (χ2v) is 6.01. The number of rotatable bonds is 3. The standard InChI is InChI=1S/C14H20BrN3O/c1-17-8-7-16-13(10-17)14(19)18(2)9-11-3-5-12(15)6-4-11/h3-6,13,16H,7-10H2,1-2H3. The summed E-state index contributed by atoms with van der Waals surface area (Å²) in [7, 11) is 3.91. The average molecular weight is 326 g/mol. The van der Waals surface area contributed by atoms with E-state index in [-0.39, 0.29) is 11.9 Å². The Hall–Kier alpha value is -0.910. The molecule has 0 spiro atoms. The Balaban J connectivity index is 1.93. The molecule has 0 saturated carbocycles. The van der Waals surface area contributed by atoms with Crippen LogP contribution in [0, 0.1) is 0 Å². The molecule has 1 heterocycles. The van der Waals surface area contributed by atoms with Crippen molar-refractivity contribution in [2.24, 2.45) is 0 Å². The maximum Gasteiger partial charge on any atom is 0.241 e. The van der Waals surface area contributed by atoms with Crippen molar-refractivity contribution in [1.82, 2.24) is 15.1 Å². The van der Waals surface area contributed by atoms with E-state index in [1.165, 1.54) is 0 Å². The molecule has 5 heteroatoms. The van der Waals surface area contributed by atoms with Crippen LogP contribution in [0.2, 0.25) is 0 Å². The molecule has 1 atom stereocenters. The molecule has 4 nitrogen and oxygen atoms in total. The first-order valence-corrected chi connectivity index (χ1v) is 7.27. The maximum atomic E-state index is 12.3. The minimum atomic E-state index is -0.0841. The molecule has 19 heavy (non-hydrogen) atoms. The molecular weight excluding hydrogens is 306 g/mol. The Kier molecular flexibility index (Phi) is 4.96. The molecule has 1 aliphatic heterocycles. The van der Waals surface area contributed by atoms with Crippen LogP contribution in [0.4, 0.5) is 0 Å². The molecule has 1 N–H and O–H groups in total. The predicted octanol–water partition coefficient (Wildman–Crippen LogP) is 1.31. The fourth-order valence-electron chi connectivity index (χ4n) is 2.27. The summed E-state index contributed by atoms with van der Waals surface area (Å²) in [6, 6.07) is 7.99. The lowest BCUT2D eigenvalue weighted by Gasteiger charge is -2.32. The summed E-state index contributed by atoms with van der Waals surface area (Å²) in [4.78, 5) is 16.3. The zero-order valence-electron chi connectivity index (χ0n) is 11.4. The van der Waals surface area contributed by atoms with Gasteiger partial charge >= 0.3 is 0 Å². The number of nitrogens with zero attached hydrogens (tertiary/aromatic N) is 2. The molecule has 1 aromatic carbocycles. The highest BCUT2D eigenvalue weighted by atomic mass is 79.9. The van der Waals surface area contributed by atoms with Crippen LogP contribution in [-0.4, -0.2) is 55.5 Å². The van der Waals surface area contributed by atoms with E-state index in [1.807, 2.05) is 31.3 Å². The molecular formula is C14H20BrN3O. The second kappa shape index (κ2) is 6.50. The number of hydrogen-bond acceptors (Lipinski definition) is 3. The Morgan fingerprint density at radius 1 is 1.47 bits per heavy atom. The lowest BCUT2D eigenvalue weighted by atomic mass is 10.1. The van der Waals surface area contributed by atoms with Crippen molar-refractivity contribution in [3.63, 3.8) is 0 Å². The molecule has 0 bridgehead atoms. The van der Waals surface area contributed by atoms with E-state index in [0.717, 1.165) is 29.7 Å². The van der Waals surface area contributed by atoms with Gasteiger partial charge in [0.05, 0.1) is 6.04 Å². The molecule has 104 valence electrons. The molecule has 0 aromatic heterocycles. The third-order valence-corrected chi connectivity index (χ3v) is 3.91. The number of nitrogens with one attached hydrogen (secondary N) is 1. The Morgan fingerprint density at radius 2 is 2.16 bits per heavy atom. The normalized spacial score (nSPS) is 20.3. The average Bonchev–Trinajstić information content (AvgIpc) is 2.40. The van der Waals surface area contributed by atoms with E-state index < -0.39 is 0 Å². The zero-order valence-corrected chi connectivity index (χ0v) is 13.0. The van der Waals surface area contributed by atoms with Gasteiger partial charge in [0, 0.05) is 37.7 Å². The summed E-state index contributed by atoms with van der Waals surface area (Å²) < 4.78 is 1.06. The largest absolute Gasteiger partial charge is 0.340 e. The predicted molar refractivity (Wildman–Crippen MR) is 79.9 cm³/mol. The zero-order chi connectivity index (χ0) is 13.8. The van der Waals surface area contributed by atoms with Gasteiger partial charge in [0.15, 0.2) is 0 Å². The number of likely N-dealkylation sites (N-methyl/N-ethyl adjacent to an activating group) is 2. The minimum Gasteiger partial charge on any atom is -0.340 e. The molecule has 2 rings (SSSR count). The van der Waals surface area contributed by atoms with Crippen LogP contribution in [0.1, 0.15) is 5.56 Å². The SMILES string of the molecule is CN1CCNC(C(=O)N(C)Cc2ccc(Br)cc2)C1. The van der Waals surface area contributed by atoms with Gasteiger partial charge in [-0.3, -0.25) is 4.79 Å². The summed E-state index contributed by atoms with van der Waals surface area (Å²) in [5.74, 6) is 0.162. The summed E-state index contributed by atoms with van der Waals surface area (Å²) in [6.07, 6.45) is 0. The third kappa shape index (κ3) is 4.03. The van der Waals surface area contributed by atoms with E-state index in [0.29, 0.717) is 6.54 Å². The van der Waals surface area contributed by atoms with Crippen molar-refractivity contribution in [1.29, 1.82) is 0 Å². The fourth-order valence-corrected chi connectivity index (χ4v) is 2.53. The lowest BCUT2D eigenvalue weighted by molar-refractivity contribution is -0.133.